The first-order valence-electron chi connectivity index (χ1n) is 8.58. The Balaban J connectivity index is 1.64. The van der Waals surface area contributed by atoms with Gasteiger partial charge in [-0.2, -0.15) is 5.26 Å². The van der Waals surface area contributed by atoms with Crippen LogP contribution in [0.2, 0.25) is 0 Å². The Kier molecular flexibility index (Phi) is 5.62. The average Bonchev–Trinajstić information content (AvgIpc) is 3.13. The lowest BCUT2D eigenvalue weighted by molar-refractivity contribution is 0.139. The molecule has 0 bridgehead atoms. The molecule has 0 aliphatic rings. The van der Waals surface area contributed by atoms with Crippen LogP contribution < -0.4 is 14.2 Å². The van der Waals surface area contributed by atoms with E-state index in [4.69, 9.17) is 19.5 Å². The summed E-state index contributed by atoms with van der Waals surface area (Å²) in [6.07, 6.45) is 3.48. The molecule has 0 saturated heterocycles. The molecular formula is C21H21N3O3. The highest BCUT2D eigenvalue weighted by atomic mass is 16.5. The first-order chi connectivity index (χ1) is 13.1. The molecule has 0 amide bonds. The molecule has 3 rings (SSSR count). The van der Waals surface area contributed by atoms with E-state index in [-0.39, 0.29) is 6.10 Å². The highest BCUT2D eigenvalue weighted by molar-refractivity contribution is 5.46. The van der Waals surface area contributed by atoms with Gasteiger partial charge in [0.25, 0.3) is 0 Å². The molecule has 0 aliphatic carbocycles. The molecule has 1 atom stereocenters. The summed E-state index contributed by atoms with van der Waals surface area (Å²) < 4.78 is 19.1. The van der Waals surface area contributed by atoms with Crippen LogP contribution in [0, 0.1) is 18.3 Å². The van der Waals surface area contributed by atoms with Gasteiger partial charge in [0.05, 0.1) is 24.4 Å². The van der Waals surface area contributed by atoms with Crippen molar-refractivity contribution in [3.63, 3.8) is 0 Å². The molecule has 0 saturated carbocycles. The molecular weight excluding hydrogens is 342 g/mol. The number of imidazole rings is 1. The van der Waals surface area contributed by atoms with Crippen molar-refractivity contribution in [3.8, 4) is 29.0 Å². The lowest BCUT2D eigenvalue weighted by atomic mass is 10.2. The smallest absolute Gasteiger partial charge is 0.162 e. The number of hydrogen-bond donors (Lipinski definition) is 0. The molecule has 27 heavy (non-hydrogen) atoms. The Bertz CT molecular complexity index is 959. The first kappa shape index (κ1) is 18.3. The van der Waals surface area contributed by atoms with E-state index < -0.39 is 0 Å². The van der Waals surface area contributed by atoms with E-state index in [1.54, 1.807) is 31.5 Å². The summed E-state index contributed by atoms with van der Waals surface area (Å²) in [5.74, 6) is 2.77. The minimum atomic E-state index is -0.203. The van der Waals surface area contributed by atoms with E-state index in [2.05, 4.69) is 11.1 Å². The lowest BCUT2D eigenvalue weighted by Crippen LogP contribution is -2.21. The largest absolute Gasteiger partial charge is 0.493 e. The van der Waals surface area contributed by atoms with Gasteiger partial charge in [0.2, 0.25) is 0 Å². The van der Waals surface area contributed by atoms with Gasteiger partial charge < -0.3 is 18.8 Å². The van der Waals surface area contributed by atoms with Crippen LogP contribution in [-0.2, 0) is 0 Å². The number of methoxy groups -OCH3 is 1. The Morgan fingerprint density at radius 2 is 2.04 bits per heavy atom. The second-order valence-electron chi connectivity index (χ2n) is 6.06. The molecule has 138 valence electrons. The van der Waals surface area contributed by atoms with E-state index in [0.717, 1.165) is 17.3 Å². The zero-order chi connectivity index (χ0) is 19.2. The van der Waals surface area contributed by atoms with E-state index in [1.807, 2.05) is 48.9 Å². The summed E-state index contributed by atoms with van der Waals surface area (Å²) in [6, 6.07) is 15.0. The van der Waals surface area contributed by atoms with Crippen LogP contribution in [-0.4, -0.2) is 29.4 Å². The van der Waals surface area contributed by atoms with Gasteiger partial charge in [0, 0.05) is 24.5 Å². The first-order valence-corrected chi connectivity index (χ1v) is 8.58. The SMILES string of the molecule is COc1cc(C#N)ccc1O[C@H](C)COc1cccc(-n2ccnc2C)c1. The molecule has 1 heterocycles. The van der Waals surface area contributed by atoms with E-state index in [1.165, 1.54) is 0 Å². The molecule has 2 aromatic carbocycles. The Hall–Kier alpha value is -3.46. The molecule has 3 aromatic rings. The summed E-state index contributed by atoms with van der Waals surface area (Å²) in [7, 11) is 1.55. The predicted molar refractivity (Wildman–Crippen MR) is 102 cm³/mol. The minimum Gasteiger partial charge on any atom is -0.493 e. The zero-order valence-electron chi connectivity index (χ0n) is 15.5. The molecule has 6 nitrogen and oxygen atoms in total. The van der Waals surface area contributed by atoms with Crippen LogP contribution in [0.4, 0.5) is 0 Å². The van der Waals surface area contributed by atoms with Gasteiger partial charge in [-0.05, 0) is 38.1 Å². The molecule has 0 spiro atoms. The Morgan fingerprint density at radius 3 is 2.74 bits per heavy atom. The van der Waals surface area contributed by atoms with Crippen molar-refractivity contribution >= 4 is 0 Å². The van der Waals surface area contributed by atoms with Crippen molar-refractivity contribution in [2.75, 3.05) is 13.7 Å². The summed E-state index contributed by atoms with van der Waals surface area (Å²) in [6.45, 7) is 4.24. The number of aryl methyl sites for hydroxylation is 1. The van der Waals surface area contributed by atoms with Crippen molar-refractivity contribution in [2.45, 2.75) is 20.0 Å². The lowest BCUT2D eigenvalue weighted by Gasteiger charge is -2.18. The van der Waals surface area contributed by atoms with Crippen LogP contribution in [0.15, 0.2) is 54.9 Å². The number of hydrogen-bond acceptors (Lipinski definition) is 5. The van der Waals surface area contributed by atoms with Crippen LogP contribution in [0.1, 0.15) is 18.3 Å². The number of aromatic nitrogens is 2. The van der Waals surface area contributed by atoms with Crippen molar-refractivity contribution < 1.29 is 14.2 Å². The van der Waals surface area contributed by atoms with Gasteiger partial charge in [-0.15, -0.1) is 0 Å². The van der Waals surface area contributed by atoms with E-state index in [0.29, 0.717) is 23.7 Å². The van der Waals surface area contributed by atoms with Gasteiger partial charge in [0.15, 0.2) is 11.5 Å². The summed E-state index contributed by atoms with van der Waals surface area (Å²) in [4.78, 5) is 4.24. The monoisotopic (exact) mass is 363 g/mol. The Labute approximate surface area is 158 Å². The van der Waals surface area contributed by atoms with E-state index >= 15 is 0 Å². The third-order valence-corrected chi connectivity index (χ3v) is 4.03. The van der Waals surface area contributed by atoms with Crippen LogP contribution in [0.3, 0.4) is 0 Å². The fourth-order valence-electron chi connectivity index (χ4n) is 2.67. The number of nitriles is 1. The van der Waals surface area contributed by atoms with Crippen molar-refractivity contribution in [2.24, 2.45) is 0 Å². The van der Waals surface area contributed by atoms with Gasteiger partial charge in [-0.1, -0.05) is 6.07 Å². The number of ether oxygens (including phenoxy) is 3. The molecule has 0 aliphatic heterocycles. The van der Waals surface area contributed by atoms with Gasteiger partial charge >= 0.3 is 0 Å². The average molecular weight is 363 g/mol. The van der Waals surface area contributed by atoms with Gasteiger partial charge in [-0.25, -0.2) is 4.98 Å². The summed E-state index contributed by atoms with van der Waals surface area (Å²) in [5.41, 5.74) is 1.51. The summed E-state index contributed by atoms with van der Waals surface area (Å²) in [5, 5.41) is 8.98. The highest BCUT2D eigenvalue weighted by Crippen LogP contribution is 2.29. The second-order valence-corrected chi connectivity index (χ2v) is 6.06. The van der Waals surface area contributed by atoms with Gasteiger partial charge in [-0.3, -0.25) is 0 Å². The fraction of sp³-hybridized carbons (Fsp3) is 0.238. The molecule has 1 aromatic heterocycles. The predicted octanol–water partition coefficient (Wildman–Crippen LogP) is 3.91. The minimum absolute atomic E-state index is 0.203. The standard InChI is InChI=1S/C21H21N3O3/c1-15(27-20-8-7-17(13-22)11-21(20)25-3)14-26-19-6-4-5-18(12-19)24-10-9-23-16(24)2/h4-12,15H,14H2,1-3H3/t15-/m1/s1. The fourth-order valence-corrected chi connectivity index (χ4v) is 2.67. The van der Waals surface area contributed by atoms with Crippen molar-refractivity contribution in [3.05, 3.63) is 66.2 Å². The Morgan fingerprint density at radius 1 is 1.19 bits per heavy atom. The zero-order valence-corrected chi connectivity index (χ0v) is 15.5. The number of benzene rings is 2. The molecule has 6 heteroatoms. The third-order valence-electron chi connectivity index (χ3n) is 4.03. The summed E-state index contributed by atoms with van der Waals surface area (Å²) >= 11 is 0. The molecule has 0 radical (unpaired) electrons. The van der Waals surface area contributed by atoms with Gasteiger partial charge in [0.1, 0.15) is 24.3 Å². The number of nitrogens with zero attached hydrogens (tertiary/aromatic N) is 3. The quantitative estimate of drug-likeness (QED) is 0.637. The normalized spacial score (nSPS) is 11.5. The molecule has 0 unspecified atom stereocenters. The second kappa shape index (κ2) is 8.28. The highest BCUT2D eigenvalue weighted by Gasteiger charge is 2.11. The van der Waals surface area contributed by atoms with Crippen molar-refractivity contribution in [1.29, 1.82) is 5.26 Å². The van der Waals surface area contributed by atoms with Crippen LogP contribution in [0.5, 0.6) is 17.2 Å². The maximum atomic E-state index is 8.98. The van der Waals surface area contributed by atoms with E-state index in [9.17, 15) is 0 Å². The topological polar surface area (TPSA) is 69.3 Å². The van der Waals surface area contributed by atoms with Crippen LogP contribution in [0.25, 0.3) is 5.69 Å². The molecule has 0 fully saturated rings. The maximum Gasteiger partial charge on any atom is 0.162 e. The molecule has 0 N–H and O–H groups in total. The van der Waals surface area contributed by atoms with Crippen molar-refractivity contribution in [1.82, 2.24) is 9.55 Å². The maximum absolute atomic E-state index is 8.98. The van der Waals surface area contributed by atoms with Crippen LogP contribution >= 0.6 is 0 Å². The third kappa shape index (κ3) is 4.39. The number of rotatable bonds is 7.